The van der Waals surface area contributed by atoms with E-state index in [1.54, 1.807) is 24.3 Å². The second-order valence-electron chi connectivity index (χ2n) is 4.75. The van der Waals surface area contributed by atoms with Crippen molar-refractivity contribution in [2.75, 3.05) is 10.6 Å². The minimum absolute atomic E-state index is 0.266. The predicted molar refractivity (Wildman–Crippen MR) is 89.8 cm³/mol. The summed E-state index contributed by atoms with van der Waals surface area (Å²) in [6.45, 7) is 1.37. The van der Waals surface area contributed by atoms with Crippen LogP contribution in [0.4, 0.5) is 15.8 Å². The summed E-state index contributed by atoms with van der Waals surface area (Å²) >= 11 is 5.90. The maximum Gasteiger partial charge on any atom is 0.248 e. The summed E-state index contributed by atoms with van der Waals surface area (Å²) in [6, 6.07) is 10.6. The fourth-order valence-electron chi connectivity index (χ4n) is 1.88. The van der Waals surface area contributed by atoms with Gasteiger partial charge >= 0.3 is 0 Å². The molecule has 2 aromatic rings. The smallest absolute Gasteiger partial charge is 0.248 e. The molecule has 6 heteroatoms. The molecule has 2 amide bonds. The van der Waals surface area contributed by atoms with Crippen molar-refractivity contribution in [2.24, 2.45) is 0 Å². The Balaban J connectivity index is 2.13. The molecule has 0 radical (unpaired) electrons. The molecule has 0 heterocycles. The Bertz CT molecular complexity index is 775. The second-order valence-corrected chi connectivity index (χ2v) is 5.19. The van der Waals surface area contributed by atoms with Gasteiger partial charge in [0.1, 0.15) is 5.82 Å². The van der Waals surface area contributed by atoms with Gasteiger partial charge in [-0.05, 0) is 42.0 Å². The van der Waals surface area contributed by atoms with E-state index >= 15 is 0 Å². The zero-order chi connectivity index (χ0) is 16.8. The zero-order valence-corrected chi connectivity index (χ0v) is 13.0. The molecule has 0 bridgehead atoms. The van der Waals surface area contributed by atoms with Crippen LogP contribution in [0, 0.1) is 5.82 Å². The number of hydrogen-bond acceptors (Lipinski definition) is 2. The first-order chi connectivity index (χ1) is 10.9. The molecule has 0 atom stereocenters. The van der Waals surface area contributed by atoms with E-state index in [1.165, 1.54) is 37.3 Å². The van der Waals surface area contributed by atoms with Crippen molar-refractivity contribution in [3.63, 3.8) is 0 Å². The fraction of sp³-hybridized carbons (Fsp3) is 0.0588. The minimum Gasteiger partial charge on any atom is -0.325 e. The van der Waals surface area contributed by atoms with Crippen LogP contribution in [0.5, 0.6) is 0 Å². The van der Waals surface area contributed by atoms with Crippen molar-refractivity contribution < 1.29 is 14.0 Å². The molecular formula is C17H14ClFN2O2. The number of anilines is 2. The Labute approximate surface area is 138 Å². The van der Waals surface area contributed by atoms with Gasteiger partial charge in [-0.25, -0.2) is 4.39 Å². The summed E-state index contributed by atoms with van der Waals surface area (Å²) < 4.78 is 13.1. The molecule has 23 heavy (non-hydrogen) atoms. The van der Waals surface area contributed by atoms with Crippen molar-refractivity contribution >= 4 is 40.9 Å². The lowest BCUT2D eigenvalue weighted by molar-refractivity contribution is -0.114. The molecule has 0 saturated heterocycles. The summed E-state index contributed by atoms with van der Waals surface area (Å²) in [5.74, 6) is -1.07. The van der Waals surface area contributed by atoms with E-state index in [4.69, 9.17) is 11.6 Å². The molecule has 2 N–H and O–H groups in total. The number of carbonyl (C=O) groups excluding carboxylic acids is 2. The van der Waals surface area contributed by atoms with E-state index in [1.807, 2.05) is 0 Å². The molecule has 4 nitrogen and oxygen atoms in total. The Morgan fingerprint density at radius 2 is 1.87 bits per heavy atom. The lowest BCUT2D eigenvalue weighted by Crippen LogP contribution is -2.13. The van der Waals surface area contributed by atoms with E-state index in [0.29, 0.717) is 22.0 Å². The largest absolute Gasteiger partial charge is 0.325 e. The number of hydrogen-bond donors (Lipinski definition) is 2. The van der Waals surface area contributed by atoms with E-state index in [2.05, 4.69) is 10.6 Å². The number of rotatable bonds is 4. The molecule has 0 spiro atoms. The van der Waals surface area contributed by atoms with E-state index in [9.17, 15) is 14.0 Å². The van der Waals surface area contributed by atoms with Crippen molar-refractivity contribution in [2.45, 2.75) is 6.92 Å². The molecule has 0 aliphatic carbocycles. The average molecular weight is 333 g/mol. The molecule has 0 aliphatic rings. The first-order valence-electron chi connectivity index (χ1n) is 6.76. The topological polar surface area (TPSA) is 58.2 Å². The summed E-state index contributed by atoms with van der Waals surface area (Å²) in [4.78, 5) is 23.1. The highest BCUT2D eigenvalue weighted by molar-refractivity contribution is 6.31. The van der Waals surface area contributed by atoms with E-state index < -0.39 is 5.91 Å². The third-order valence-corrected chi connectivity index (χ3v) is 3.06. The molecule has 0 saturated carbocycles. The third kappa shape index (κ3) is 5.23. The quantitative estimate of drug-likeness (QED) is 0.828. The van der Waals surface area contributed by atoms with Crippen LogP contribution in [0.25, 0.3) is 6.08 Å². The molecule has 0 unspecified atom stereocenters. The summed E-state index contributed by atoms with van der Waals surface area (Å²) in [5, 5.41) is 5.64. The molecule has 0 fully saturated rings. The van der Waals surface area contributed by atoms with Crippen LogP contribution in [0.2, 0.25) is 5.02 Å². The first-order valence-corrected chi connectivity index (χ1v) is 7.13. The van der Waals surface area contributed by atoms with Gasteiger partial charge in [0, 0.05) is 18.0 Å². The highest BCUT2D eigenvalue weighted by Crippen LogP contribution is 2.25. The van der Waals surface area contributed by atoms with Crippen LogP contribution in [0.1, 0.15) is 12.5 Å². The van der Waals surface area contributed by atoms with Gasteiger partial charge in [-0.3, -0.25) is 9.59 Å². The van der Waals surface area contributed by atoms with Crippen molar-refractivity contribution in [1.82, 2.24) is 0 Å². The van der Waals surface area contributed by atoms with Gasteiger partial charge in [0.2, 0.25) is 11.8 Å². The third-order valence-electron chi connectivity index (χ3n) is 2.83. The van der Waals surface area contributed by atoms with Gasteiger partial charge in [0.25, 0.3) is 0 Å². The predicted octanol–water partition coefficient (Wildman–Crippen LogP) is 4.09. The Morgan fingerprint density at radius 1 is 1.09 bits per heavy atom. The average Bonchev–Trinajstić information content (AvgIpc) is 2.48. The van der Waals surface area contributed by atoms with Crippen LogP contribution in [0.3, 0.4) is 0 Å². The minimum atomic E-state index is -0.428. The highest BCUT2D eigenvalue weighted by atomic mass is 35.5. The number of halogens is 2. The van der Waals surface area contributed by atoms with Crippen molar-refractivity contribution in [1.29, 1.82) is 0 Å². The van der Waals surface area contributed by atoms with Gasteiger partial charge in [0.15, 0.2) is 0 Å². The lowest BCUT2D eigenvalue weighted by atomic mass is 10.2. The van der Waals surface area contributed by atoms with Crippen LogP contribution in [0.15, 0.2) is 48.5 Å². The number of carbonyl (C=O) groups is 2. The Hall–Kier alpha value is -2.66. The van der Waals surface area contributed by atoms with E-state index in [-0.39, 0.29) is 11.7 Å². The first kappa shape index (κ1) is 16.7. The maximum absolute atomic E-state index is 13.1. The van der Waals surface area contributed by atoms with Crippen LogP contribution >= 0.6 is 11.6 Å². The van der Waals surface area contributed by atoms with Gasteiger partial charge in [-0.2, -0.15) is 0 Å². The van der Waals surface area contributed by atoms with Crippen molar-refractivity contribution in [3.8, 4) is 0 Å². The zero-order valence-electron chi connectivity index (χ0n) is 12.3. The Morgan fingerprint density at radius 3 is 2.57 bits per heavy atom. The SMILES string of the molecule is CC(=O)Nc1ccc(Cl)cc1NC(=O)/C=C/c1cccc(F)c1. The summed E-state index contributed by atoms with van der Waals surface area (Å²) in [7, 11) is 0. The monoisotopic (exact) mass is 332 g/mol. The summed E-state index contributed by atoms with van der Waals surface area (Å²) in [6.07, 6.45) is 2.76. The van der Waals surface area contributed by atoms with Gasteiger partial charge < -0.3 is 10.6 Å². The van der Waals surface area contributed by atoms with Crippen LogP contribution in [-0.2, 0) is 9.59 Å². The highest BCUT2D eigenvalue weighted by Gasteiger charge is 2.07. The molecule has 0 aliphatic heterocycles. The standard InChI is InChI=1S/C17H14ClFN2O2/c1-11(22)20-15-7-6-13(18)10-16(15)21-17(23)8-5-12-3-2-4-14(19)9-12/h2-10H,1H3,(H,20,22)(H,21,23)/b8-5+. The van der Waals surface area contributed by atoms with Crippen molar-refractivity contribution in [3.05, 3.63) is 64.9 Å². The van der Waals surface area contributed by atoms with Gasteiger partial charge in [-0.1, -0.05) is 23.7 Å². The second kappa shape index (κ2) is 7.56. The number of nitrogens with one attached hydrogen (secondary N) is 2. The van der Waals surface area contributed by atoms with E-state index in [0.717, 1.165) is 0 Å². The molecule has 118 valence electrons. The fourth-order valence-corrected chi connectivity index (χ4v) is 2.05. The van der Waals surface area contributed by atoms with Gasteiger partial charge in [-0.15, -0.1) is 0 Å². The van der Waals surface area contributed by atoms with Gasteiger partial charge in [0.05, 0.1) is 11.4 Å². The molecule has 2 rings (SSSR count). The molecule has 0 aromatic heterocycles. The number of amides is 2. The summed E-state index contributed by atoms with van der Waals surface area (Å²) in [5.41, 5.74) is 1.38. The molecule has 2 aromatic carbocycles. The molecular weight excluding hydrogens is 319 g/mol. The maximum atomic E-state index is 13.1. The number of benzene rings is 2. The van der Waals surface area contributed by atoms with Crippen LogP contribution < -0.4 is 10.6 Å². The lowest BCUT2D eigenvalue weighted by Gasteiger charge is -2.10. The Kier molecular flexibility index (Phi) is 5.49. The normalized spacial score (nSPS) is 10.6. The van der Waals surface area contributed by atoms with Crippen LogP contribution in [-0.4, -0.2) is 11.8 Å².